The van der Waals surface area contributed by atoms with Gasteiger partial charge in [-0.15, -0.1) is 0 Å². The average Bonchev–Trinajstić information content (AvgIpc) is 3.12. The van der Waals surface area contributed by atoms with Crippen LogP contribution in [-0.2, 0) is 4.79 Å². The lowest BCUT2D eigenvalue weighted by atomic mass is 9.74. The zero-order valence-corrected chi connectivity index (χ0v) is 15.6. The van der Waals surface area contributed by atoms with E-state index in [0.717, 1.165) is 24.9 Å². The molecule has 0 bridgehead atoms. The van der Waals surface area contributed by atoms with Gasteiger partial charge in [0.05, 0.1) is 12.2 Å². The second-order valence-corrected chi connectivity index (χ2v) is 8.05. The maximum Gasteiger partial charge on any atom is 0.222 e. The van der Waals surface area contributed by atoms with E-state index in [-0.39, 0.29) is 0 Å². The molecule has 0 radical (unpaired) electrons. The predicted molar refractivity (Wildman–Crippen MR) is 96.9 cm³/mol. The van der Waals surface area contributed by atoms with Crippen molar-refractivity contribution in [2.24, 2.45) is 11.8 Å². The average molecular weight is 332 g/mol. The summed E-state index contributed by atoms with van der Waals surface area (Å²) in [5, 5.41) is 4.61. The van der Waals surface area contributed by atoms with Gasteiger partial charge in [0.2, 0.25) is 5.91 Å². The van der Waals surface area contributed by atoms with E-state index in [0.29, 0.717) is 24.3 Å². The number of piperidine rings is 1. The quantitative estimate of drug-likeness (QED) is 0.821. The minimum Gasteiger partial charge on any atom is -0.343 e. The minimum atomic E-state index is 0.330. The fourth-order valence-corrected chi connectivity index (χ4v) is 4.53. The number of carbonyl (C=O) groups excluding carboxylic acids is 1. The van der Waals surface area contributed by atoms with Crippen LogP contribution < -0.4 is 0 Å². The van der Waals surface area contributed by atoms with Crippen molar-refractivity contribution >= 4 is 5.91 Å². The van der Waals surface area contributed by atoms with Gasteiger partial charge in [-0.2, -0.15) is 5.10 Å². The van der Waals surface area contributed by atoms with E-state index >= 15 is 0 Å². The summed E-state index contributed by atoms with van der Waals surface area (Å²) >= 11 is 0. The summed E-state index contributed by atoms with van der Waals surface area (Å²) < 4.78 is 2.22. The molecular formula is C20H33N3O. The standard InChI is InChI=1S/C20H33N3O/c1-4-20(24)22-11-9-17(10-12-22)16-5-7-19(8-6-16)23-14-18(13-21-23)15(2)3/h13-17,19H,4-12H2,1-3H3. The number of hydrogen-bond donors (Lipinski definition) is 0. The van der Waals surface area contributed by atoms with Crippen LogP contribution in [0, 0.1) is 11.8 Å². The first-order valence-electron chi connectivity index (χ1n) is 9.90. The van der Waals surface area contributed by atoms with Crippen LogP contribution in [0.1, 0.15) is 83.2 Å². The Balaban J connectivity index is 1.48. The third-order valence-corrected chi connectivity index (χ3v) is 6.27. The van der Waals surface area contributed by atoms with E-state index in [1.54, 1.807) is 0 Å². The Hall–Kier alpha value is -1.32. The molecule has 2 aliphatic rings. The van der Waals surface area contributed by atoms with Crippen LogP contribution >= 0.6 is 0 Å². The Morgan fingerprint density at radius 1 is 1.12 bits per heavy atom. The molecule has 1 aromatic rings. The monoisotopic (exact) mass is 331 g/mol. The number of amides is 1. The first-order valence-corrected chi connectivity index (χ1v) is 9.90. The summed E-state index contributed by atoms with van der Waals surface area (Å²) in [6, 6.07) is 0.593. The van der Waals surface area contributed by atoms with Crippen molar-refractivity contribution in [3.8, 4) is 0 Å². The molecular weight excluding hydrogens is 298 g/mol. The van der Waals surface area contributed by atoms with Crippen LogP contribution in [0.2, 0.25) is 0 Å². The van der Waals surface area contributed by atoms with Gasteiger partial charge in [0.15, 0.2) is 0 Å². The number of aromatic nitrogens is 2. The highest BCUT2D eigenvalue weighted by molar-refractivity contribution is 5.75. The zero-order chi connectivity index (χ0) is 17.1. The molecule has 1 aromatic heterocycles. The molecule has 3 rings (SSSR count). The van der Waals surface area contributed by atoms with Gasteiger partial charge in [-0.05, 0) is 61.8 Å². The molecule has 4 heteroatoms. The summed E-state index contributed by atoms with van der Waals surface area (Å²) in [6.07, 6.45) is 12.5. The van der Waals surface area contributed by atoms with Gasteiger partial charge in [-0.25, -0.2) is 0 Å². The number of likely N-dealkylation sites (tertiary alicyclic amines) is 1. The first-order chi connectivity index (χ1) is 11.6. The second kappa shape index (κ2) is 7.71. The Morgan fingerprint density at radius 2 is 1.75 bits per heavy atom. The SMILES string of the molecule is CCC(=O)N1CCC(C2CCC(n3cc(C(C)C)cn3)CC2)CC1. The van der Waals surface area contributed by atoms with E-state index in [9.17, 15) is 4.79 Å². The molecule has 24 heavy (non-hydrogen) atoms. The maximum atomic E-state index is 11.8. The highest BCUT2D eigenvalue weighted by Crippen LogP contribution is 2.39. The van der Waals surface area contributed by atoms with Crippen molar-refractivity contribution in [1.82, 2.24) is 14.7 Å². The summed E-state index contributed by atoms with van der Waals surface area (Å²) in [5.41, 5.74) is 1.35. The van der Waals surface area contributed by atoms with Crippen LogP contribution in [0.15, 0.2) is 12.4 Å². The molecule has 1 amide bonds. The van der Waals surface area contributed by atoms with Crippen LogP contribution in [0.4, 0.5) is 0 Å². The molecule has 1 aliphatic heterocycles. The summed E-state index contributed by atoms with van der Waals surface area (Å²) in [7, 11) is 0. The Labute approximate surface area is 146 Å². The number of rotatable bonds is 4. The topological polar surface area (TPSA) is 38.1 Å². The minimum absolute atomic E-state index is 0.330. The number of hydrogen-bond acceptors (Lipinski definition) is 2. The van der Waals surface area contributed by atoms with Crippen molar-refractivity contribution in [3.05, 3.63) is 18.0 Å². The highest BCUT2D eigenvalue weighted by Gasteiger charge is 2.31. The Bertz CT molecular complexity index is 535. The normalized spacial score (nSPS) is 26.1. The molecule has 1 aliphatic carbocycles. The molecule has 0 unspecified atom stereocenters. The van der Waals surface area contributed by atoms with E-state index in [2.05, 4.69) is 34.7 Å². The molecule has 2 heterocycles. The van der Waals surface area contributed by atoms with Gasteiger partial charge < -0.3 is 4.90 Å². The first kappa shape index (κ1) is 17.5. The van der Waals surface area contributed by atoms with Gasteiger partial charge in [0, 0.05) is 25.7 Å². The lowest BCUT2D eigenvalue weighted by Crippen LogP contribution is -2.40. The van der Waals surface area contributed by atoms with Gasteiger partial charge in [0.1, 0.15) is 0 Å². The Kier molecular flexibility index (Phi) is 5.62. The fourth-order valence-electron chi connectivity index (χ4n) is 4.53. The second-order valence-electron chi connectivity index (χ2n) is 8.05. The zero-order valence-electron chi connectivity index (χ0n) is 15.6. The van der Waals surface area contributed by atoms with Gasteiger partial charge in [-0.3, -0.25) is 9.48 Å². The molecule has 0 spiro atoms. The number of carbonyl (C=O) groups is 1. The third-order valence-electron chi connectivity index (χ3n) is 6.27. The van der Waals surface area contributed by atoms with Crippen molar-refractivity contribution in [3.63, 3.8) is 0 Å². The van der Waals surface area contributed by atoms with Crippen molar-refractivity contribution in [2.75, 3.05) is 13.1 Å². The van der Waals surface area contributed by atoms with E-state index < -0.39 is 0 Å². The number of nitrogens with zero attached hydrogens (tertiary/aromatic N) is 3. The van der Waals surface area contributed by atoms with E-state index in [4.69, 9.17) is 0 Å². The fraction of sp³-hybridized carbons (Fsp3) is 0.800. The molecule has 1 saturated carbocycles. The van der Waals surface area contributed by atoms with Crippen LogP contribution in [0.25, 0.3) is 0 Å². The molecule has 4 nitrogen and oxygen atoms in total. The van der Waals surface area contributed by atoms with E-state index in [1.807, 2.05) is 13.1 Å². The van der Waals surface area contributed by atoms with Crippen LogP contribution in [0.5, 0.6) is 0 Å². The maximum absolute atomic E-state index is 11.8. The molecule has 134 valence electrons. The molecule has 0 atom stereocenters. The van der Waals surface area contributed by atoms with Gasteiger partial charge in [0.25, 0.3) is 0 Å². The molecule has 0 N–H and O–H groups in total. The Morgan fingerprint density at radius 3 is 2.29 bits per heavy atom. The smallest absolute Gasteiger partial charge is 0.222 e. The third kappa shape index (κ3) is 3.84. The molecule has 0 aromatic carbocycles. The highest BCUT2D eigenvalue weighted by atomic mass is 16.2. The largest absolute Gasteiger partial charge is 0.343 e. The van der Waals surface area contributed by atoms with Crippen molar-refractivity contribution < 1.29 is 4.79 Å². The summed E-state index contributed by atoms with van der Waals surface area (Å²) in [4.78, 5) is 13.9. The molecule has 1 saturated heterocycles. The molecule has 2 fully saturated rings. The van der Waals surface area contributed by atoms with E-state index in [1.165, 1.54) is 44.1 Å². The van der Waals surface area contributed by atoms with Crippen LogP contribution in [0.3, 0.4) is 0 Å². The van der Waals surface area contributed by atoms with Gasteiger partial charge >= 0.3 is 0 Å². The summed E-state index contributed by atoms with van der Waals surface area (Å²) in [6.45, 7) is 8.39. The van der Waals surface area contributed by atoms with Crippen molar-refractivity contribution in [2.45, 2.75) is 77.7 Å². The van der Waals surface area contributed by atoms with Gasteiger partial charge in [-0.1, -0.05) is 20.8 Å². The lowest BCUT2D eigenvalue weighted by molar-refractivity contribution is -0.132. The van der Waals surface area contributed by atoms with Crippen LogP contribution in [-0.4, -0.2) is 33.7 Å². The van der Waals surface area contributed by atoms with Crippen molar-refractivity contribution in [1.29, 1.82) is 0 Å². The lowest BCUT2D eigenvalue weighted by Gasteiger charge is -2.39. The summed E-state index contributed by atoms with van der Waals surface area (Å²) in [5.74, 6) is 2.58. The predicted octanol–water partition coefficient (Wildman–Crippen LogP) is 4.39.